The largest absolute Gasteiger partial charge is 0.465 e. The summed E-state index contributed by atoms with van der Waals surface area (Å²) >= 11 is 0. The van der Waals surface area contributed by atoms with Crippen LogP contribution in [0.1, 0.15) is 15.9 Å². The van der Waals surface area contributed by atoms with Gasteiger partial charge in [0.25, 0.3) is 0 Å². The number of carbonyl (C=O) groups excluding carboxylic acids is 1. The number of methoxy groups -OCH3 is 1. The summed E-state index contributed by atoms with van der Waals surface area (Å²) < 4.78 is 15.2. The predicted molar refractivity (Wildman–Crippen MR) is 53.5 cm³/mol. The van der Waals surface area contributed by atoms with Crippen LogP contribution in [0.2, 0.25) is 0 Å². The van der Waals surface area contributed by atoms with E-state index in [9.17, 15) is 9.36 Å². The third-order valence-corrected chi connectivity index (χ3v) is 2.54. The zero-order valence-corrected chi connectivity index (χ0v) is 8.98. The molecule has 2 N–H and O–H groups in total. The maximum Gasteiger partial charge on any atom is 0.337 e. The standard InChI is InChI=1S/C9H11O5P/c1-14-9(10)8-4-2-7(3-5-8)6-15(11,12)13/h2-5H,6H2,1H3,(H2,11,12,13). The van der Waals surface area contributed by atoms with Crippen LogP contribution in [0, 0.1) is 0 Å². The van der Waals surface area contributed by atoms with E-state index in [2.05, 4.69) is 4.74 Å². The minimum Gasteiger partial charge on any atom is -0.465 e. The van der Waals surface area contributed by atoms with E-state index >= 15 is 0 Å². The zero-order chi connectivity index (χ0) is 11.5. The van der Waals surface area contributed by atoms with E-state index in [1.165, 1.54) is 31.4 Å². The molecule has 15 heavy (non-hydrogen) atoms. The molecule has 0 radical (unpaired) electrons. The fourth-order valence-electron chi connectivity index (χ4n) is 1.10. The third-order valence-electron chi connectivity index (χ3n) is 1.76. The van der Waals surface area contributed by atoms with E-state index in [1.807, 2.05) is 0 Å². The first kappa shape index (κ1) is 11.9. The maximum atomic E-state index is 11.0. The van der Waals surface area contributed by atoms with Crippen molar-refractivity contribution < 1.29 is 23.9 Å². The van der Waals surface area contributed by atoms with Crippen molar-refractivity contribution >= 4 is 13.6 Å². The molecule has 0 spiro atoms. The minimum atomic E-state index is -4.05. The summed E-state index contributed by atoms with van der Waals surface area (Å²) in [5.41, 5.74) is 0.836. The van der Waals surface area contributed by atoms with Gasteiger partial charge in [-0.1, -0.05) is 12.1 Å². The lowest BCUT2D eigenvalue weighted by Gasteiger charge is -2.04. The van der Waals surface area contributed by atoms with E-state index in [4.69, 9.17) is 9.79 Å². The quantitative estimate of drug-likeness (QED) is 0.601. The lowest BCUT2D eigenvalue weighted by atomic mass is 10.1. The summed E-state index contributed by atoms with van der Waals surface area (Å²) in [5.74, 6) is -0.474. The number of ether oxygens (including phenoxy) is 1. The number of benzene rings is 1. The Balaban J connectivity index is 2.81. The highest BCUT2D eigenvalue weighted by atomic mass is 31.2. The van der Waals surface area contributed by atoms with Gasteiger partial charge in [-0.3, -0.25) is 4.57 Å². The summed E-state index contributed by atoms with van der Waals surface area (Å²) in [6, 6.07) is 5.92. The van der Waals surface area contributed by atoms with Crippen molar-refractivity contribution in [3.05, 3.63) is 35.4 Å². The Bertz CT molecular complexity index is 391. The Labute approximate surface area is 86.9 Å². The molecule has 0 amide bonds. The molecule has 1 rings (SSSR count). The lowest BCUT2D eigenvalue weighted by molar-refractivity contribution is 0.0600. The van der Waals surface area contributed by atoms with E-state index in [0.29, 0.717) is 11.1 Å². The van der Waals surface area contributed by atoms with Crippen LogP contribution in [-0.4, -0.2) is 22.9 Å². The lowest BCUT2D eigenvalue weighted by Crippen LogP contribution is -2.00. The summed E-state index contributed by atoms with van der Waals surface area (Å²) in [4.78, 5) is 28.5. The molecule has 82 valence electrons. The highest BCUT2D eigenvalue weighted by Crippen LogP contribution is 2.38. The van der Waals surface area contributed by atoms with Crippen molar-refractivity contribution in [1.29, 1.82) is 0 Å². The van der Waals surface area contributed by atoms with Crippen LogP contribution < -0.4 is 0 Å². The first-order chi connectivity index (χ1) is 6.92. The number of hydrogen-bond donors (Lipinski definition) is 2. The van der Waals surface area contributed by atoms with Gasteiger partial charge in [0.1, 0.15) is 0 Å². The van der Waals surface area contributed by atoms with Gasteiger partial charge in [-0.2, -0.15) is 0 Å². The fourth-order valence-corrected chi connectivity index (χ4v) is 1.79. The van der Waals surface area contributed by atoms with Crippen molar-refractivity contribution in [3.8, 4) is 0 Å². The van der Waals surface area contributed by atoms with Gasteiger partial charge in [0.2, 0.25) is 0 Å². The average molecular weight is 230 g/mol. The molecular formula is C9H11O5P. The van der Waals surface area contributed by atoms with Crippen LogP contribution in [0.5, 0.6) is 0 Å². The van der Waals surface area contributed by atoms with E-state index in [0.717, 1.165) is 0 Å². The monoisotopic (exact) mass is 230 g/mol. The van der Waals surface area contributed by atoms with Crippen LogP contribution in [0.3, 0.4) is 0 Å². The molecule has 1 aromatic carbocycles. The Morgan fingerprint density at radius 1 is 1.33 bits per heavy atom. The van der Waals surface area contributed by atoms with Crippen LogP contribution in [-0.2, 0) is 15.5 Å². The number of carbonyl (C=O) groups is 1. The topological polar surface area (TPSA) is 83.8 Å². The van der Waals surface area contributed by atoms with Gasteiger partial charge in [0, 0.05) is 0 Å². The molecule has 0 aliphatic rings. The second kappa shape index (κ2) is 4.57. The average Bonchev–Trinajstić information content (AvgIpc) is 2.15. The number of rotatable bonds is 3. The highest BCUT2D eigenvalue weighted by molar-refractivity contribution is 7.50. The molecular weight excluding hydrogens is 219 g/mol. The molecule has 5 nitrogen and oxygen atoms in total. The molecule has 0 bridgehead atoms. The normalized spacial score (nSPS) is 11.1. The second-order valence-corrected chi connectivity index (χ2v) is 4.66. The number of hydrogen-bond acceptors (Lipinski definition) is 3. The summed E-state index contributed by atoms with van der Waals surface area (Å²) in [6.45, 7) is 0. The van der Waals surface area contributed by atoms with Gasteiger partial charge in [-0.25, -0.2) is 4.79 Å². The molecule has 0 heterocycles. The first-order valence-corrected chi connectivity index (χ1v) is 5.94. The molecule has 1 aromatic rings. The molecule has 0 saturated heterocycles. The smallest absolute Gasteiger partial charge is 0.337 e. The van der Waals surface area contributed by atoms with Crippen LogP contribution in [0.4, 0.5) is 0 Å². The molecule has 0 aliphatic carbocycles. The Morgan fingerprint density at radius 3 is 2.27 bits per heavy atom. The van der Waals surface area contributed by atoms with E-state index in [-0.39, 0.29) is 6.16 Å². The SMILES string of the molecule is COC(=O)c1ccc(CP(=O)(O)O)cc1. The van der Waals surface area contributed by atoms with Gasteiger partial charge >= 0.3 is 13.6 Å². The van der Waals surface area contributed by atoms with Gasteiger partial charge in [0.05, 0.1) is 18.8 Å². The van der Waals surface area contributed by atoms with E-state index in [1.54, 1.807) is 0 Å². The van der Waals surface area contributed by atoms with Gasteiger partial charge < -0.3 is 14.5 Å². The molecule has 0 atom stereocenters. The summed E-state index contributed by atoms with van der Waals surface area (Å²) in [5, 5.41) is 0. The highest BCUT2D eigenvalue weighted by Gasteiger charge is 2.14. The first-order valence-electron chi connectivity index (χ1n) is 4.14. The van der Waals surface area contributed by atoms with Gasteiger partial charge in [-0.15, -0.1) is 0 Å². The number of esters is 1. The van der Waals surface area contributed by atoms with Crippen molar-refractivity contribution in [2.75, 3.05) is 7.11 Å². The summed E-state index contributed by atoms with van der Waals surface area (Å²) in [6.07, 6.45) is -0.325. The molecule has 0 unspecified atom stereocenters. The Kier molecular flexibility index (Phi) is 3.63. The molecule has 0 saturated carbocycles. The van der Waals surface area contributed by atoms with E-state index < -0.39 is 13.6 Å². The Morgan fingerprint density at radius 2 is 1.87 bits per heavy atom. The fraction of sp³-hybridized carbons (Fsp3) is 0.222. The van der Waals surface area contributed by atoms with Crippen molar-refractivity contribution in [1.82, 2.24) is 0 Å². The summed E-state index contributed by atoms with van der Waals surface area (Å²) in [7, 11) is -2.78. The van der Waals surface area contributed by atoms with Crippen LogP contribution in [0.15, 0.2) is 24.3 Å². The molecule has 0 aromatic heterocycles. The third kappa shape index (κ3) is 3.83. The molecule has 0 fully saturated rings. The van der Waals surface area contributed by atoms with Crippen molar-refractivity contribution in [2.24, 2.45) is 0 Å². The van der Waals surface area contributed by atoms with Gasteiger partial charge in [0.15, 0.2) is 0 Å². The predicted octanol–water partition coefficient (Wildman–Crippen LogP) is 1.15. The van der Waals surface area contributed by atoms with Crippen molar-refractivity contribution in [2.45, 2.75) is 6.16 Å². The van der Waals surface area contributed by atoms with Crippen LogP contribution in [0.25, 0.3) is 0 Å². The zero-order valence-electron chi connectivity index (χ0n) is 8.08. The Hall–Kier alpha value is -1.16. The molecule has 0 aliphatic heterocycles. The van der Waals surface area contributed by atoms with Crippen molar-refractivity contribution in [3.63, 3.8) is 0 Å². The minimum absolute atomic E-state index is 0.325. The maximum absolute atomic E-state index is 11.0. The van der Waals surface area contributed by atoms with Gasteiger partial charge in [-0.05, 0) is 17.7 Å². The molecule has 6 heteroatoms. The van der Waals surface area contributed by atoms with Crippen LogP contribution >= 0.6 is 7.60 Å². The second-order valence-electron chi connectivity index (χ2n) is 3.01.